The lowest BCUT2D eigenvalue weighted by molar-refractivity contribution is -0.254. The highest BCUT2D eigenvalue weighted by Crippen LogP contribution is 2.68. The molecule has 1 N–H and O–H groups in total. The first-order chi connectivity index (χ1) is 20.0. The highest BCUT2D eigenvalue weighted by Gasteiger charge is 2.69. The summed E-state index contributed by atoms with van der Waals surface area (Å²) >= 11 is 0. The molecule has 2 saturated carbocycles. The summed E-state index contributed by atoms with van der Waals surface area (Å²) in [5.74, 6) is 0.869. The van der Waals surface area contributed by atoms with Gasteiger partial charge in [-0.3, -0.25) is 4.98 Å². The van der Waals surface area contributed by atoms with Gasteiger partial charge in [0.25, 0.3) is 0 Å². The maximum Gasteiger partial charge on any atom is 0.514 e. The zero-order chi connectivity index (χ0) is 29.9. The summed E-state index contributed by atoms with van der Waals surface area (Å²) in [5.41, 5.74) is -1.56. The first-order valence-electron chi connectivity index (χ1n) is 14.9. The standard InChI is InChI=1S/C34H39NO7/c1-6-32(3)20(2)14-15-33(4)25(32)18-26(41-31(38)39-22-12-8-7-9-13-22)34(5)29(33)28(36)27-24(42-34)17-23(40-30(27)37)21-11-10-16-35-19-21/h7-13,16-17,19-20,25-26,28-29,36H,6,14-15,18H2,1-5H3/t20-,25?,26-,28-,29?,32?,33-,34+/m0/s1. The van der Waals surface area contributed by atoms with E-state index in [4.69, 9.17) is 18.6 Å². The molecule has 0 spiro atoms. The SMILES string of the molecule is CCC1(C)C2C[C@H](OC(=O)Oc3ccccc3)[C@@]3(C)Oc4cc(-c5cccnc5)oc(=O)c4[C@H](O)C3[C@@]2(C)CC[C@@H]1C. The number of carbonyl (C=O) groups excluding carboxylic acids is 1. The topological polar surface area (TPSA) is 108 Å². The average molecular weight is 574 g/mol. The van der Waals surface area contributed by atoms with Crippen LogP contribution in [0.25, 0.3) is 11.3 Å². The van der Waals surface area contributed by atoms with E-state index < -0.39 is 40.9 Å². The molecule has 0 bridgehead atoms. The molecule has 1 aromatic carbocycles. The van der Waals surface area contributed by atoms with Crippen LogP contribution in [-0.2, 0) is 4.74 Å². The quantitative estimate of drug-likeness (QED) is 0.264. The molecule has 8 heteroatoms. The van der Waals surface area contributed by atoms with Gasteiger partial charge in [-0.05, 0) is 73.1 Å². The summed E-state index contributed by atoms with van der Waals surface area (Å²) < 4.78 is 24.2. The van der Waals surface area contributed by atoms with E-state index in [-0.39, 0.29) is 28.4 Å². The number of carbonyl (C=O) groups is 1. The van der Waals surface area contributed by atoms with Gasteiger partial charge in [0.2, 0.25) is 0 Å². The molecule has 8 atom stereocenters. The van der Waals surface area contributed by atoms with Gasteiger partial charge in [-0.15, -0.1) is 0 Å². The van der Waals surface area contributed by atoms with Gasteiger partial charge >= 0.3 is 11.8 Å². The number of aliphatic hydroxyl groups is 1. The van der Waals surface area contributed by atoms with E-state index in [1.165, 1.54) is 0 Å². The van der Waals surface area contributed by atoms with Crippen molar-refractivity contribution in [1.29, 1.82) is 0 Å². The third kappa shape index (κ3) is 4.34. The molecule has 3 unspecified atom stereocenters. The molecular weight excluding hydrogens is 534 g/mol. The molecule has 3 heterocycles. The lowest BCUT2D eigenvalue weighted by atomic mass is 9.41. The molecule has 3 aliphatic rings. The number of ether oxygens (including phenoxy) is 3. The Labute approximate surface area is 246 Å². The zero-order valence-corrected chi connectivity index (χ0v) is 24.8. The highest BCUT2D eigenvalue weighted by atomic mass is 16.7. The van der Waals surface area contributed by atoms with Gasteiger partial charge in [0.05, 0.1) is 6.10 Å². The normalized spacial score (nSPS) is 35.1. The summed E-state index contributed by atoms with van der Waals surface area (Å²) in [7, 11) is 0. The Bertz CT molecular complexity index is 1520. The van der Waals surface area contributed by atoms with E-state index >= 15 is 0 Å². The number of para-hydroxylation sites is 1. The third-order valence-electron chi connectivity index (χ3n) is 11.0. The predicted octanol–water partition coefficient (Wildman–Crippen LogP) is 6.96. The van der Waals surface area contributed by atoms with E-state index in [0.717, 1.165) is 19.3 Å². The number of rotatable bonds is 4. The maximum atomic E-state index is 13.5. The Morgan fingerprint density at radius 1 is 1.14 bits per heavy atom. The molecule has 2 aliphatic carbocycles. The molecule has 0 radical (unpaired) electrons. The number of nitrogens with zero attached hydrogens (tertiary/aromatic N) is 1. The van der Waals surface area contributed by atoms with E-state index in [0.29, 0.717) is 23.7 Å². The van der Waals surface area contributed by atoms with Crippen molar-refractivity contribution < 1.29 is 28.5 Å². The smallest absolute Gasteiger partial charge is 0.482 e. The fraction of sp³-hybridized carbons (Fsp3) is 0.500. The summed E-state index contributed by atoms with van der Waals surface area (Å²) in [6.07, 6.45) is 3.79. The van der Waals surface area contributed by atoms with Gasteiger partial charge in [0.15, 0.2) is 0 Å². The van der Waals surface area contributed by atoms with Crippen molar-refractivity contribution in [2.75, 3.05) is 0 Å². The van der Waals surface area contributed by atoms with Crippen LogP contribution in [0.15, 0.2) is 70.1 Å². The third-order valence-corrected chi connectivity index (χ3v) is 11.0. The Hall–Kier alpha value is -3.65. The van der Waals surface area contributed by atoms with Crippen molar-refractivity contribution in [3.05, 3.63) is 76.9 Å². The molecule has 1 aliphatic heterocycles. The van der Waals surface area contributed by atoms with Gasteiger partial charge in [-0.2, -0.15) is 0 Å². The van der Waals surface area contributed by atoms with Gasteiger partial charge in [-0.25, -0.2) is 9.59 Å². The molecule has 0 amide bonds. The van der Waals surface area contributed by atoms with Crippen LogP contribution in [0, 0.1) is 28.6 Å². The molecule has 3 aromatic rings. The van der Waals surface area contributed by atoms with Crippen molar-refractivity contribution in [3.8, 4) is 22.8 Å². The Morgan fingerprint density at radius 2 is 1.90 bits per heavy atom. The summed E-state index contributed by atoms with van der Waals surface area (Å²) in [5, 5.41) is 12.1. The first kappa shape index (κ1) is 28.5. The van der Waals surface area contributed by atoms with Crippen LogP contribution in [0.1, 0.15) is 72.0 Å². The molecule has 2 fully saturated rings. The number of benzene rings is 1. The number of aromatic nitrogens is 1. The van der Waals surface area contributed by atoms with Crippen molar-refractivity contribution >= 4 is 6.16 Å². The van der Waals surface area contributed by atoms with E-state index in [1.807, 2.05) is 13.0 Å². The van der Waals surface area contributed by atoms with Gasteiger partial charge in [0, 0.05) is 29.9 Å². The fourth-order valence-electron chi connectivity index (χ4n) is 8.52. The van der Waals surface area contributed by atoms with Crippen LogP contribution in [0.4, 0.5) is 4.79 Å². The van der Waals surface area contributed by atoms with Crippen LogP contribution in [0.5, 0.6) is 11.5 Å². The van der Waals surface area contributed by atoms with Crippen molar-refractivity contribution in [3.63, 3.8) is 0 Å². The molecular formula is C34H39NO7. The van der Waals surface area contributed by atoms with Crippen LogP contribution in [0.2, 0.25) is 0 Å². The molecule has 222 valence electrons. The minimum absolute atomic E-state index is 0.0753. The highest BCUT2D eigenvalue weighted by molar-refractivity contribution is 5.64. The van der Waals surface area contributed by atoms with Gasteiger partial charge < -0.3 is 23.7 Å². The Balaban J connectivity index is 1.46. The second-order valence-electron chi connectivity index (χ2n) is 13.0. The van der Waals surface area contributed by atoms with E-state index in [9.17, 15) is 14.7 Å². The molecule has 8 nitrogen and oxygen atoms in total. The average Bonchev–Trinajstić information content (AvgIpc) is 2.97. The van der Waals surface area contributed by atoms with Crippen molar-refractivity contribution in [2.45, 2.75) is 78.1 Å². The summed E-state index contributed by atoms with van der Waals surface area (Å²) in [6.45, 7) is 10.9. The van der Waals surface area contributed by atoms with Crippen LogP contribution < -0.4 is 15.1 Å². The second kappa shape index (κ2) is 10.3. The molecule has 6 rings (SSSR count). The summed E-state index contributed by atoms with van der Waals surface area (Å²) in [4.78, 5) is 30.8. The lowest BCUT2D eigenvalue weighted by Crippen LogP contribution is -2.70. The molecule has 2 aromatic heterocycles. The minimum atomic E-state index is -1.18. The van der Waals surface area contributed by atoms with Gasteiger partial charge in [-0.1, -0.05) is 52.3 Å². The largest absolute Gasteiger partial charge is 0.514 e. The monoisotopic (exact) mass is 573 g/mol. The number of aliphatic hydroxyl groups excluding tert-OH is 1. The Morgan fingerprint density at radius 3 is 2.60 bits per heavy atom. The number of fused-ring (bicyclic) bond motifs is 4. The zero-order valence-electron chi connectivity index (χ0n) is 24.8. The predicted molar refractivity (Wildman–Crippen MR) is 156 cm³/mol. The fourth-order valence-corrected chi connectivity index (χ4v) is 8.52. The van der Waals surface area contributed by atoms with Crippen molar-refractivity contribution in [2.24, 2.45) is 28.6 Å². The summed E-state index contributed by atoms with van der Waals surface area (Å²) in [6, 6.07) is 14.0. The molecule has 42 heavy (non-hydrogen) atoms. The van der Waals surface area contributed by atoms with E-state index in [2.05, 4.69) is 32.7 Å². The van der Waals surface area contributed by atoms with Crippen LogP contribution in [0.3, 0.4) is 0 Å². The van der Waals surface area contributed by atoms with Crippen molar-refractivity contribution in [1.82, 2.24) is 4.98 Å². The van der Waals surface area contributed by atoms with Crippen LogP contribution >= 0.6 is 0 Å². The van der Waals surface area contributed by atoms with E-state index in [1.54, 1.807) is 54.9 Å². The number of hydrogen-bond donors (Lipinski definition) is 1. The maximum absolute atomic E-state index is 13.5. The van der Waals surface area contributed by atoms with Crippen LogP contribution in [-0.4, -0.2) is 28.0 Å². The second-order valence-corrected chi connectivity index (χ2v) is 13.0. The minimum Gasteiger partial charge on any atom is -0.482 e. The molecule has 0 saturated heterocycles. The number of hydrogen-bond acceptors (Lipinski definition) is 8. The van der Waals surface area contributed by atoms with Gasteiger partial charge in [0.1, 0.15) is 34.5 Å². The first-order valence-corrected chi connectivity index (χ1v) is 14.9. The lowest BCUT2D eigenvalue weighted by Gasteiger charge is -2.67. The Kier molecular flexibility index (Phi) is 6.96. The number of pyridine rings is 1.